The number of likely N-dealkylation sites (tertiary alicyclic amines) is 1. The van der Waals surface area contributed by atoms with Gasteiger partial charge in [-0.1, -0.05) is 54.1 Å². The Balaban J connectivity index is 1.61. The van der Waals surface area contributed by atoms with Crippen LogP contribution in [0.4, 0.5) is 5.69 Å². The fourth-order valence-corrected chi connectivity index (χ4v) is 4.55. The first-order chi connectivity index (χ1) is 16.1. The van der Waals surface area contributed by atoms with E-state index in [0.717, 1.165) is 41.3 Å². The number of benzene rings is 2. The Morgan fingerprint density at radius 3 is 2.58 bits per heavy atom. The molecule has 0 N–H and O–H groups in total. The van der Waals surface area contributed by atoms with Crippen molar-refractivity contribution in [2.45, 2.75) is 19.8 Å². The largest absolute Gasteiger partial charge is 0.475 e. The molecule has 2 aromatic heterocycles. The van der Waals surface area contributed by atoms with Crippen LogP contribution in [0.1, 0.15) is 18.4 Å². The van der Waals surface area contributed by atoms with Crippen LogP contribution >= 0.6 is 0 Å². The van der Waals surface area contributed by atoms with Gasteiger partial charge in [0.05, 0.1) is 24.6 Å². The minimum absolute atomic E-state index is 0.485. The third-order valence-corrected chi connectivity index (χ3v) is 6.28. The van der Waals surface area contributed by atoms with Crippen LogP contribution in [-0.2, 0) is 0 Å². The van der Waals surface area contributed by atoms with Gasteiger partial charge in [0.2, 0.25) is 5.65 Å². The molecule has 6 nitrogen and oxygen atoms in total. The van der Waals surface area contributed by atoms with Gasteiger partial charge in [0.25, 0.3) is 5.88 Å². The first kappa shape index (κ1) is 21.2. The van der Waals surface area contributed by atoms with Gasteiger partial charge in [0.15, 0.2) is 5.69 Å². The monoisotopic (exact) mass is 437 g/mol. The summed E-state index contributed by atoms with van der Waals surface area (Å²) < 4.78 is 8.38. The van der Waals surface area contributed by atoms with Gasteiger partial charge in [-0.2, -0.15) is 0 Å². The number of nitrogens with zero attached hydrogens (tertiary/aromatic N) is 5. The van der Waals surface area contributed by atoms with E-state index in [0.29, 0.717) is 24.1 Å². The second kappa shape index (κ2) is 9.05. The van der Waals surface area contributed by atoms with Crippen LogP contribution in [0.5, 0.6) is 5.88 Å². The Morgan fingerprint density at radius 2 is 1.85 bits per heavy atom. The van der Waals surface area contributed by atoms with Crippen molar-refractivity contribution in [3.63, 3.8) is 0 Å². The van der Waals surface area contributed by atoms with Crippen molar-refractivity contribution < 1.29 is 4.74 Å². The average molecular weight is 438 g/mol. The molecule has 1 aliphatic heterocycles. The Hall–Kier alpha value is -3.69. The topological polar surface area (TPSA) is 47.0 Å². The SMILES string of the molecule is [C-]#[N+]c1ccc(-c2nc(OC[C@@H]3CCCN(C)C3)c3nccn3c2-c2ccc(C)cc2)cc1. The Labute approximate surface area is 194 Å². The van der Waals surface area contributed by atoms with Gasteiger partial charge in [-0.05, 0) is 38.9 Å². The van der Waals surface area contributed by atoms with Crippen LogP contribution in [0.2, 0.25) is 0 Å². The third kappa shape index (κ3) is 4.33. The molecule has 4 aromatic rings. The maximum atomic E-state index is 7.28. The molecule has 0 unspecified atom stereocenters. The van der Waals surface area contributed by atoms with Crippen LogP contribution in [0.25, 0.3) is 33.0 Å². The van der Waals surface area contributed by atoms with Crippen molar-refractivity contribution in [3.05, 3.63) is 77.9 Å². The zero-order valence-corrected chi connectivity index (χ0v) is 19.0. The summed E-state index contributed by atoms with van der Waals surface area (Å²) in [7, 11) is 2.17. The van der Waals surface area contributed by atoms with Gasteiger partial charge in [0.1, 0.15) is 0 Å². The van der Waals surface area contributed by atoms with E-state index in [1.807, 2.05) is 30.5 Å². The van der Waals surface area contributed by atoms with Gasteiger partial charge in [0, 0.05) is 30.4 Å². The molecule has 1 saturated heterocycles. The maximum absolute atomic E-state index is 7.28. The number of imidazole rings is 1. The maximum Gasteiger partial charge on any atom is 0.259 e. The van der Waals surface area contributed by atoms with Crippen LogP contribution in [0.15, 0.2) is 60.9 Å². The highest BCUT2D eigenvalue weighted by Gasteiger charge is 2.22. The van der Waals surface area contributed by atoms with E-state index in [-0.39, 0.29) is 0 Å². The van der Waals surface area contributed by atoms with E-state index in [9.17, 15) is 0 Å². The van der Waals surface area contributed by atoms with Gasteiger partial charge >= 0.3 is 0 Å². The smallest absolute Gasteiger partial charge is 0.259 e. The van der Waals surface area contributed by atoms with Crippen molar-refractivity contribution in [1.82, 2.24) is 19.3 Å². The average Bonchev–Trinajstić information content (AvgIpc) is 3.33. The van der Waals surface area contributed by atoms with Crippen LogP contribution in [-0.4, -0.2) is 46.0 Å². The predicted molar refractivity (Wildman–Crippen MR) is 131 cm³/mol. The number of ether oxygens (including phenoxy) is 1. The predicted octanol–water partition coefficient (Wildman–Crippen LogP) is 5.64. The molecule has 0 amide bonds. The van der Waals surface area contributed by atoms with E-state index in [2.05, 4.69) is 57.4 Å². The molecule has 0 spiro atoms. The number of hydrogen-bond acceptors (Lipinski definition) is 4. The Bertz CT molecular complexity index is 1300. The number of aromatic nitrogens is 3. The van der Waals surface area contributed by atoms with Crippen molar-refractivity contribution in [2.24, 2.45) is 5.92 Å². The Kier molecular flexibility index (Phi) is 5.80. The van der Waals surface area contributed by atoms with Crippen LogP contribution in [0.3, 0.4) is 0 Å². The highest BCUT2D eigenvalue weighted by molar-refractivity contribution is 5.82. The molecule has 0 aliphatic carbocycles. The van der Waals surface area contributed by atoms with Gasteiger partial charge in [-0.3, -0.25) is 4.40 Å². The number of hydrogen-bond donors (Lipinski definition) is 0. The summed E-state index contributed by atoms with van der Waals surface area (Å²) in [4.78, 5) is 15.5. The minimum Gasteiger partial charge on any atom is -0.475 e. The normalized spacial score (nSPS) is 16.6. The van der Waals surface area contributed by atoms with Crippen molar-refractivity contribution in [3.8, 4) is 28.4 Å². The third-order valence-electron chi connectivity index (χ3n) is 6.28. The van der Waals surface area contributed by atoms with Crippen molar-refractivity contribution >= 4 is 11.3 Å². The lowest BCUT2D eigenvalue weighted by atomic mass is 10.00. The molecule has 0 bridgehead atoms. The Morgan fingerprint density at radius 1 is 1.09 bits per heavy atom. The van der Waals surface area contributed by atoms with E-state index < -0.39 is 0 Å². The summed E-state index contributed by atoms with van der Waals surface area (Å²) >= 11 is 0. The number of piperidine rings is 1. The summed E-state index contributed by atoms with van der Waals surface area (Å²) in [6, 6.07) is 16.0. The van der Waals surface area contributed by atoms with Crippen LogP contribution < -0.4 is 4.74 Å². The summed E-state index contributed by atoms with van der Waals surface area (Å²) in [5.41, 5.74) is 6.30. The zero-order valence-electron chi connectivity index (χ0n) is 19.0. The highest BCUT2D eigenvalue weighted by Crippen LogP contribution is 2.35. The van der Waals surface area contributed by atoms with E-state index >= 15 is 0 Å². The molecular weight excluding hydrogens is 410 g/mol. The molecule has 0 radical (unpaired) electrons. The second-order valence-electron chi connectivity index (χ2n) is 8.84. The summed E-state index contributed by atoms with van der Waals surface area (Å²) in [5, 5.41) is 0. The molecule has 0 saturated carbocycles. The molecule has 6 heteroatoms. The van der Waals surface area contributed by atoms with E-state index in [1.54, 1.807) is 6.20 Å². The first-order valence-electron chi connectivity index (χ1n) is 11.4. The van der Waals surface area contributed by atoms with Crippen molar-refractivity contribution in [2.75, 3.05) is 26.7 Å². The van der Waals surface area contributed by atoms with Crippen molar-refractivity contribution in [1.29, 1.82) is 0 Å². The number of aryl methyl sites for hydroxylation is 1. The summed E-state index contributed by atoms with van der Waals surface area (Å²) in [5.74, 6) is 1.03. The lowest BCUT2D eigenvalue weighted by Crippen LogP contribution is -2.34. The van der Waals surface area contributed by atoms with Gasteiger partial charge in [-0.15, -0.1) is 0 Å². The zero-order chi connectivity index (χ0) is 22.8. The fourth-order valence-electron chi connectivity index (χ4n) is 4.55. The molecular formula is C27H27N5O. The molecule has 166 valence electrons. The first-order valence-corrected chi connectivity index (χ1v) is 11.4. The molecule has 1 atom stereocenters. The molecule has 3 heterocycles. The lowest BCUT2D eigenvalue weighted by Gasteiger charge is -2.29. The fraction of sp³-hybridized carbons (Fsp3) is 0.296. The second-order valence-corrected chi connectivity index (χ2v) is 8.84. The van der Waals surface area contributed by atoms with Crippen LogP contribution in [0, 0.1) is 19.4 Å². The standard InChI is InChI=1S/C27H27N5O/c1-19-6-8-22(9-7-19)25-24(21-10-12-23(28-2)13-11-21)30-27(26-29-14-16-32(25)26)33-18-20-5-4-15-31(3)17-20/h6-14,16,20H,4-5,15,17-18H2,1,3H3/t20-/m1/s1. The molecule has 33 heavy (non-hydrogen) atoms. The molecule has 1 aliphatic rings. The molecule has 5 rings (SSSR count). The number of rotatable bonds is 5. The number of fused-ring (bicyclic) bond motifs is 1. The molecule has 1 fully saturated rings. The summed E-state index contributed by atoms with van der Waals surface area (Å²) in [6.45, 7) is 12.2. The highest BCUT2D eigenvalue weighted by atomic mass is 16.5. The quantitative estimate of drug-likeness (QED) is 0.379. The lowest BCUT2D eigenvalue weighted by molar-refractivity contribution is 0.148. The van der Waals surface area contributed by atoms with Gasteiger partial charge < -0.3 is 9.64 Å². The minimum atomic E-state index is 0.485. The molecule has 2 aromatic carbocycles. The summed E-state index contributed by atoms with van der Waals surface area (Å²) in [6.07, 6.45) is 6.12. The van der Waals surface area contributed by atoms with E-state index in [1.165, 1.54) is 18.4 Å². The van der Waals surface area contributed by atoms with Gasteiger partial charge in [-0.25, -0.2) is 14.8 Å². The van der Waals surface area contributed by atoms with E-state index in [4.69, 9.17) is 16.3 Å².